The number of anilines is 2. The van der Waals surface area contributed by atoms with Crippen LogP contribution in [0.1, 0.15) is 43.4 Å². The van der Waals surface area contributed by atoms with Gasteiger partial charge in [-0.15, -0.1) is 0 Å². The minimum Gasteiger partial charge on any atom is -0.354 e. The van der Waals surface area contributed by atoms with Crippen LogP contribution in [0, 0.1) is 19.7 Å². The van der Waals surface area contributed by atoms with Crippen molar-refractivity contribution >= 4 is 21.8 Å². The minimum absolute atomic E-state index is 0.0396. The summed E-state index contributed by atoms with van der Waals surface area (Å²) in [5.41, 5.74) is 1.43. The molecule has 1 aromatic heterocycles. The monoisotopic (exact) mass is 447 g/mol. The molecule has 0 unspecified atom stereocenters. The van der Waals surface area contributed by atoms with Crippen molar-refractivity contribution < 1.29 is 12.8 Å². The zero-order valence-corrected chi connectivity index (χ0v) is 19.0. The first-order valence-corrected chi connectivity index (χ1v) is 12.4. The van der Waals surface area contributed by atoms with E-state index in [1.165, 1.54) is 35.7 Å². The van der Waals surface area contributed by atoms with Crippen LogP contribution in [0.3, 0.4) is 0 Å². The average molecular weight is 448 g/mol. The molecule has 1 N–H and O–H groups in total. The molecule has 7 nitrogen and oxygen atoms in total. The summed E-state index contributed by atoms with van der Waals surface area (Å²) in [4.78, 5) is 11.4. The van der Waals surface area contributed by atoms with E-state index < -0.39 is 15.8 Å². The van der Waals surface area contributed by atoms with Gasteiger partial charge >= 0.3 is 0 Å². The van der Waals surface area contributed by atoms with Gasteiger partial charge in [-0.25, -0.2) is 17.8 Å². The van der Waals surface area contributed by atoms with Crippen molar-refractivity contribution in [2.75, 3.05) is 36.4 Å². The maximum absolute atomic E-state index is 13.7. The first kappa shape index (κ1) is 22.0. The lowest BCUT2D eigenvalue weighted by Gasteiger charge is -2.35. The highest BCUT2D eigenvalue weighted by molar-refractivity contribution is 7.89. The Hall–Kier alpha value is -2.26. The average Bonchev–Trinajstić information content (AvgIpc) is 2.76. The second kappa shape index (κ2) is 9.08. The highest BCUT2D eigenvalue weighted by Gasteiger charge is 2.30. The zero-order valence-electron chi connectivity index (χ0n) is 18.1. The van der Waals surface area contributed by atoms with Crippen molar-refractivity contribution in [1.29, 1.82) is 0 Å². The Labute approximate surface area is 183 Å². The van der Waals surface area contributed by atoms with E-state index in [1.54, 1.807) is 6.92 Å². The summed E-state index contributed by atoms with van der Waals surface area (Å²) >= 11 is 0. The molecular formula is C22H30FN5O2S. The van der Waals surface area contributed by atoms with Gasteiger partial charge in [0.1, 0.15) is 11.6 Å². The molecule has 0 amide bonds. The van der Waals surface area contributed by atoms with Gasteiger partial charge in [-0.05, 0) is 44.4 Å². The third-order valence-corrected chi connectivity index (χ3v) is 8.15. The van der Waals surface area contributed by atoms with E-state index in [0.29, 0.717) is 43.7 Å². The Morgan fingerprint density at radius 3 is 2.42 bits per heavy atom. The highest BCUT2D eigenvalue weighted by Crippen LogP contribution is 2.25. The number of nitrogens with zero attached hydrogens (tertiary/aromatic N) is 4. The summed E-state index contributed by atoms with van der Waals surface area (Å²) in [5, 5.41) is 3.48. The third-order valence-electron chi connectivity index (χ3n) is 6.11. The Kier molecular flexibility index (Phi) is 6.43. The first-order valence-electron chi connectivity index (χ1n) is 11.0. The van der Waals surface area contributed by atoms with E-state index in [4.69, 9.17) is 4.98 Å². The Balaban J connectivity index is 1.45. The summed E-state index contributed by atoms with van der Waals surface area (Å²) in [7, 11) is -3.73. The summed E-state index contributed by atoms with van der Waals surface area (Å²) in [6, 6.07) is 6.24. The lowest BCUT2D eigenvalue weighted by molar-refractivity contribution is 0.383. The van der Waals surface area contributed by atoms with Crippen LogP contribution < -0.4 is 10.2 Å². The van der Waals surface area contributed by atoms with Crippen LogP contribution in [0.2, 0.25) is 0 Å². The van der Waals surface area contributed by atoms with Crippen LogP contribution in [0.25, 0.3) is 0 Å². The molecule has 2 aromatic rings. The van der Waals surface area contributed by atoms with Gasteiger partial charge in [0.25, 0.3) is 0 Å². The third kappa shape index (κ3) is 4.98. The molecule has 1 aliphatic carbocycles. The second-order valence-corrected chi connectivity index (χ2v) is 10.4. The van der Waals surface area contributed by atoms with E-state index in [2.05, 4.69) is 15.2 Å². The van der Waals surface area contributed by atoms with Gasteiger partial charge < -0.3 is 10.2 Å². The lowest BCUT2D eigenvalue weighted by Crippen LogP contribution is -2.49. The van der Waals surface area contributed by atoms with Crippen molar-refractivity contribution in [1.82, 2.24) is 14.3 Å². The largest absolute Gasteiger partial charge is 0.354 e. The summed E-state index contributed by atoms with van der Waals surface area (Å²) in [6.45, 7) is 5.33. The number of hydrogen-bond acceptors (Lipinski definition) is 6. The van der Waals surface area contributed by atoms with Crippen molar-refractivity contribution in [2.24, 2.45) is 0 Å². The van der Waals surface area contributed by atoms with Gasteiger partial charge in [-0.2, -0.15) is 9.29 Å². The van der Waals surface area contributed by atoms with Crippen LogP contribution >= 0.6 is 0 Å². The van der Waals surface area contributed by atoms with Crippen molar-refractivity contribution in [2.45, 2.75) is 56.9 Å². The summed E-state index contributed by atoms with van der Waals surface area (Å²) in [5.74, 6) is 0.911. The van der Waals surface area contributed by atoms with E-state index in [0.717, 1.165) is 30.4 Å². The van der Waals surface area contributed by atoms with Gasteiger partial charge in [0.15, 0.2) is 0 Å². The van der Waals surface area contributed by atoms with Gasteiger partial charge in [0, 0.05) is 44.0 Å². The number of aromatic nitrogens is 2. The normalized spacial score (nSPS) is 18.9. The summed E-state index contributed by atoms with van der Waals surface area (Å²) < 4.78 is 41.2. The van der Waals surface area contributed by atoms with Crippen molar-refractivity contribution in [3.63, 3.8) is 0 Å². The molecule has 31 heavy (non-hydrogen) atoms. The first-order chi connectivity index (χ1) is 14.8. The maximum Gasteiger partial charge on any atom is 0.243 e. The summed E-state index contributed by atoms with van der Waals surface area (Å²) in [6.07, 6.45) is 6.04. The Bertz CT molecular complexity index is 1030. The SMILES string of the molecule is Cc1cc(N2CCN(S(=O)(=O)c3cc(F)ccc3C)CC2)nc(NC2CCCCC2)n1. The molecule has 4 rings (SSSR count). The molecule has 0 radical (unpaired) electrons. The van der Waals surface area contributed by atoms with Gasteiger partial charge in [0.05, 0.1) is 4.90 Å². The zero-order chi connectivity index (χ0) is 22.0. The number of sulfonamides is 1. The van der Waals surface area contributed by atoms with E-state index in [9.17, 15) is 12.8 Å². The maximum atomic E-state index is 13.7. The molecule has 1 aromatic carbocycles. The number of nitrogens with one attached hydrogen (secondary N) is 1. The standard InChI is InChI=1S/C22H30FN5O2S/c1-16-8-9-18(23)15-20(16)31(29,30)28-12-10-27(11-13-28)21-14-17(2)24-22(26-21)25-19-6-4-3-5-7-19/h8-9,14-15,19H,3-7,10-13H2,1-2H3,(H,24,25,26). The van der Waals surface area contributed by atoms with Crippen LogP contribution in [0.4, 0.5) is 16.2 Å². The Morgan fingerprint density at radius 2 is 1.71 bits per heavy atom. The van der Waals surface area contributed by atoms with Gasteiger partial charge in [-0.1, -0.05) is 25.3 Å². The number of piperazine rings is 1. The van der Waals surface area contributed by atoms with Crippen LogP contribution in [-0.2, 0) is 10.0 Å². The van der Waals surface area contributed by atoms with Crippen LogP contribution in [0.15, 0.2) is 29.2 Å². The molecule has 1 saturated heterocycles. The second-order valence-electron chi connectivity index (χ2n) is 8.47. The molecule has 1 aliphatic heterocycles. The number of halogens is 1. The van der Waals surface area contributed by atoms with Gasteiger partial charge in [-0.3, -0.25) is 0 Å². The van der Waals surface area contributed by atoms with Crippen molar-refractivity contribution in [3.05, 3.63) is 41.3 Å². The molecular weight excluding hydrogens is 417 g/mol. The molecule has 9 heteroatoms. The molecule has 2 heterocycles. The highest BCUT2D eigenvalue weighted by atomic mass is 32.2. The smallest absolute Gasteiger partial charge is 0.243 e. The lowest BCUT2D eigenvalue weighted by atomic mass is 9.96. The fourth-order valence-electron chi connectivity index (χ4n) is 4.36. The van der Waals surface area contributed by atoms with Crippen molar-refractivity contribution in [3.8, 4) is 0 Å². The number of benzene rings is 1. The fourth-order valence-corrected chi connectivity index (χ4v) is 6.02. The molecule has 2 fully saturated rings. The number of aryl methyl sites for hydroxylation is 2. The van der Waals surface area contributed by atoms with Gasteiger partial charge in [0.2, 0.25) is 16.0 Å². The predicted octanol–water partition coefficient (Wildman–Crippen LogP) is 3.49. The number of rotatable bonds is 5. The molecule has 168 valence electrons. The van der Waals surface area contributed by atoms with E-state index in [1.807, 2.05) is 13.0 Å². The quantitative estimate of drug-likeness (QED) is 0.756. The van der Waals surface area contributed by atoms with Crippen LogP contribution in [-0.4, -0.2) is 54.9 Å². The topological polar surface area (TPSA) is 78.4 Å². The molecule has 2 aliphatic rings. The number of hydrogen-bond donors (Lipinski definition) is 1. The predicted molar refractivity (Wildman–Crippen MR) is 119 cm³/mol. The molecule has 0 atom stereocenters. The minimum atomic E-state index is -3.73. The Morgan fingerprint density at radius 1 is 1.00 bits per heavy atom. The fraction of sp³-hybridized carbons (Fsp3) is 0.545. The molecule has 0 spiro atoms. The molecule has 0 bridgehead atoms. The van der Waals surface area contributed by atoms with E-state index >= 15 is 0 Å². The molecule has 1 saturated carbocycles. The van der Waals surface area contributed by atoms with E-state index in [-0.39, 0.29) is 4.90 Å². The van der Waals surface area contributed by atoms with Crippen LogP contribution in [0.5, 0.6) is 0 Å².